The van der Waals surface area contributed by atoms with Crippen LogP contribution in [-0.4, -0.2) is 82.3 Å². The summed E-state index contributed by atoms with van der Waals surface area (Å²) in [6.45, 7) is 4.78. The summed E-state index contributed by atoms with van der Waals surface area (Å²) in [5.41, 5.74) is 0. The van der Waals surface area contributed by atoms with Gasteiger partial charge < -0.3 is 33.3 Å². The van der Waals surface area contributed by atoms with Crippen molar-refractivity contribution >= 4 is 17.9 Å². The van der Waals surface area contributed by atoms with Crippen LogP contribution in [0.4, 0.5) is 0 Å². The number of rotatable bonds is 57. The molecule has 0 saturated heterocycles. The second kappa shape index (κ2) is 54.8. The first-order valence-electron chi connectivity index (χ1n) is 30.6. The zero-order chi connectivity index (χ0) is 52.7. The predicted octanol–water partition coefficient (Wildman–Crippen LogP) is 16.7. The maximum absolute atomic E-state index is 12.9. The maximum atomic E-state index is 12.9. The van der Waals surface area contributed by atoms with Gasteiger partial charge in [0.15, 0.2) is 12.4 Å². The molecular formula is C63H117NO8. The van der Waals surface area contributed by atoms with E-state index in [4.69, 9.17) is 18.9 Å². The Morgan fingerprint density at radius 2 is 0.750 bits per heavy atom. The Balaban J connectivity index is 4.20. The molecule has 0 rings (SSSR count). The SMILES string of the molecule is CCCCCCC/C=C\C/C=C\C/C=C\CCCCCCCCCCCCC(=O)OC(COC(=O)CCCCCCCCCCCCCCCCCCCCCCCC)COC(OCC[N+](C)(C)C)C(=O)[O-]. The zero-order valence-corrected chi connectivity index (χ0v) is 48.1. The van der Waals surface area contributed by atoms with Crippen molar-refractivity contribution in [3.63, 3.8) is 0 Å². The van der Waals surface area contributed by atoms with E-state index < -0.39 is 24.3 Å². The van der Waals surface area contributed by atoms with Crippen molar-refractivity contribution in [3.8, 4) is 0 Å². The van der Waals surface area contributed by atoms with Gasteiger partial charge in [0.2, 0.25) is 0 Å². The summed E-state index contributed by atoms with van der Waals surface area (Å²) >= 11 is 0. The van der Waals surface area contributed by atoms with Gasteiger partial charge in [0.05, 0.1) is 40.3 Å². The maximum Gasteiger partial charge on any atom is 0.306 e. The molecule has 0 heterocycles. The van der Waals surface area contributed by atoms with Crippen LogP contribution in [0.1, 0.15) is 290 Å². The molecule has 0 fully saturated rings. The van der Waals surface area contributed by atoms with Crippen molar-refractivity contribution < 1.29 is 42.9 Å². The number of carbonyl (C=O) groups excluding carboxylic acids is 3. The van der Waals surface area contributed by atoms with Gasteiger partial charge in [0.25, 0.3) is 0 Å². The molecule has 0 spiro atoms. The first kappa shape index (κ1) is 69.5. The molecule has 0 aromatic rings. The number of likely N-dealkylation sites (N-methyl/N-ethyl adjacent to an activating group) is 1. The number of carbonyl (C=O) groups is 3. The fourth-order valence-electron chi connectivity index (χ4n) is 8.90. The lowest BCUT2D eigenvalue weighted by Gasteiger charge is -2.26. The summed E-state index contributed by atoms with van der Waals surface area (Å²) in [5, 5.41) is 11.8. The van der Waals surface area contributed by atoms with Crippen LogP contribution < -0.4 is 5.11 Å². The van der Waals surface area contributed by atoms with Crippen LogP contribution >= 0.6 is 0 Å². The van der Waals surface area contributed by atoms with Crippen molar-refractivity contribution in [1.82, 2.24) is 0 Å². The van der Waals surface area contributed by atoms with Gasteiger partial charge in [-0.1, -0.05) is 262 Å². The Hall–Kier alpha value is -2.49. The van der Waals surface area contributed by atoms with E-state index in [1.54, 1.807) is 0 Å². The van der Waals surface area contributed by atoms with Gasteiger partial charge in [-0.05, 0) is 51.4 Å². The fraction of sp³-hybridized carbons (Fsp3) is 0.857. The van der Waals surface area contributed by atoms with Crippen LogP contribution in [0.3, 0.4) is 0 Å². The van der Waals surface area contributed by atoms with Crippen molar-refractivity contribution in [2.45, 2.75) is 302 Å². The van der Waals surface area contributed by atoms with E-state index in [1.165, 1.54) is 205 Å². The Bertz CT molecular complexity index is 1270. The van der Waals surface area contributed by atoms with Gasteiger partial charge in [-0.15, -0.1) is 0 Å². The summed E-state index contributed by atoms with van der Waals surface area (Å²) in [6.07, 6.45) is 63.4. The number of nitrogens with zero attached hydrogens (tertiary/aromatic N) is 1. The van der Waals surface area contributed by atoms with Crippen LogP contribution in [0.5, 0.6) is 0 Å². The Morgan fingerprint density at radius 3 is 1.11 bits per heavy atom. The number of quaternary nitrogens is 1. The third-order valence-electron chi connectivity index (χ3n) is 13.6. The fourth-order valence-corrected chi connectivity index (χ4v) is 8.90. The quantitative estimate of drug-likeness (QED) is 0.0195. The van der Waals surface area contributed by atoms with Gasteiger partial charge in [0, 0.05) is 12.8 Å². The van der Waals surface area contributed by atoms with Gasteiger partial charge in [-0.2, -0.15) is 0 Å². The van der Waals surface area contributed by atoms with E-state index in [0.717, 1.165) is 51.4 Å². The average Bonchev–Trinajstić information content (AvgIpc) is 3.35. The summed E-state index contributed by atoms with van der Waals surface area (Å²) < 4.78 is 22.7. The van der Waals surface area contributed by atoms with Gasteiger partial charge in [0.1, 0.15) is 13.2 Å². The first-order chi connectivity index (χ1) is 35.1. The number of allylic oxidation sites excluding steroid dienone is 6. The lowest BCUT2D eigenvalue weighted by Crippen LogP contribution is -2.44. The molecule has 0 bridgehead atoms. The molecule has 0 radical (unpaired) electrons. The van der Waals surface area contributed by atoms with Crippen molar-refractivity contribution in [2.24, 2.45) is 0 Å². The molecule has 0 amide bonds. The van der Waals surface area contributed by atoms with E-state index in [0.29, 0.717) is 23.9 Å². The van der Waals surface area contributed by atoms with Crippen molar-refractivity contribution in [3.05, 3.63) is 36.5 Å². The molecule has 422 valence electrons. The number of aliphatic carboxylic acids is 1. The molecule has 0 aromatic heterocycles. The van der Waals surface area contributed by atoms with E-state index in [1.807, 2.05) is 21.1 Å². The highest BCUT2D eigenvalue weighted by Crippen LogP contribution is 2.17. The lowest BCUT2D eigenvalue weighted by atomic mass is 10.0. The summed E-state index contributed by atoms with van der Waals surface area (Å²) in [6, 6.07) is 0. The molecule has 0 aliphatic heterocycles. The number of carboxylic acid groups (broad SMARTS) is 1. The number of hydrogen-bond donors (Lipinski definition) is 0. The van der Waals surface area contributed by atoms with E-state index in [9.17, 15) is 19.5 Å². The molecule has 0 aliphatic carbocycles. The molecule has 0 saturated carbocycles. The third kappa shape index (κ3) is 55.3. The van der Waals surface area contributed by atoms with Crippen molar-refractivity contribution in [2.75, 3.05) is 47.5 Å². The number of esters is 2. The zero-order valence-electron chi connectivity index (χ0n) is 48.1. The molecule has 0 N–H and O–H groups in total. The number of ether oxygens (including phenoxy) is 4. The van der Waals surface area contributed by atoms with Crippen LogP contribution in [0.15, 0.2) is 36.5 Å². The topological polar surface area (TPSA) is 111 Å². The highest BCUT2D eigenvalue weighted by atomic mass is 16.7. The first-order valence-corrected chi connectivity index (χ1v) is 30.6. The monoisotopic (exact) mass is 1020 g/mol. The Labute approximate surface area is 445 Å². The molecule has 2 atom stereocenters. The van der Waals surface area contributed by atoms with Gasteiger partial charge >= 0.3 is 11.9 Å². The van der Waals surface area contributed by atoms with E-state index in [2.05, 4.69) is 50.3 Å². The Kier molecular flexibility index (Phi) is 52.9. The van der Waals surface area contributed by atoms with Gasteiger partial charge in [-0.25, -0.2) is 0 Å². The molecule has 0 aromatic carbocycles. The summed E-state index contributed by atoms with van der Waals surface area (Å²) in [4.78, 5) is 37.3. The van der Waals surface area contributed by atoms with Crippen molar-refractivity contribution in [1.29, 1.82) is 0 Å². The third-order valence-corrected chi connectivity index (χ3v) is 13.6. The van der Waals surface area contributed by atoms with Crippen LogP contribution in [-0.2, 0) is 33.3 Å². The second-order valence-electron chi connectivity index (χ2n) is 22.0. The minimum absolute atomic E-state index is 0.148. The minimum Gasteiger partial charge on any atom is -0.545 e. The molecule has 9 heteroatoms. The largest absolute Gasteiger partial charge is 0.545 e. The summed E-state index contributed by atoms with van der Waals surface area (Å²) in [7, 11) is 5.93. The average molecular weight is 1020 g/mol. The number of carboxylic acids is 1. The number of hydrogen-bond acceptors (Lipinski definition) is 8. The standard InChI is InChI=1S/C63H117NO8/c1-6-8-10-12-14-16-18-20-22-24-26-28-30-31-32-34-36-38-40-42-44-46-48-50-52-54-61(66)72-59(58-71-63(62(67)68)69-56-55-64(3,4)5)57-70-60(65)53-51-49-47-45-43-41-39-37-35-33-29-27-25-23-21-19-17-15-13-11-9-7-2/h18,20,24,26,30-31,59,63H,6-17,19,21-23,25,27-29,32-58H2,1-5H3/b20-18-,26-24-,31-30-. The molecule has 0 aliphatic rings. The number of unbranched alkanes of at least 4 members (excludes halogenated alkanes) is 36. The van der Waals surface area contributed by atoms with E-state index in [-0.39, 0.29) is 32.2 Å². The highest BCUT2D eigenvalue weighted by molar-refractivity contribution is 5.70. The van der Waals surface area contributed by atoms with Crippen LogP contribution in [0.2, 0.25) is 0 Å². The minimum atomic E-state index is -1.62. The predicted molar refractivity (Wildman–Crippen MR) is 302 cm³/mol. The smallest absolute Gasteiger partial charge is 0.306 e. The summed E-state index contributed by atoms with van der Waals surface area (Å²) in [5.74, 6) is -2.27. The van der Waals surface area contributed by atoms with Gasteiger partial charge in [-0.3, -0.25) is 9.59 Å². The highest BCUT2D eigenvalue weighted by Gasteiger charge is 2.22. The second-order valence-corrected chi connectivity index (χ2v) is 22.0. The molecule has 9 nitrogen and oxygen atoms in total. The molecular weight excluding hydrogens is 899 g/mol. The lowest BCUT2D eigenvalue weighted by molar-refractivity contribution is -0.870. The molecule has 2 unspecified atom stereocenters. The molecule has 72 heavy (non-hydrogen) atoms. The normalized spacial score (nSPS) is 13.0. The Morgan fingerprint density at radius 1 is 0.417 bits per heavy atom. The van der Waals surface area contributed by atoms with Crippen LogP contribution in [0, 0.1) is 0 Å². The van der Waals surface area contributed by atoms with Crippen LogP contribution in [0.25, 0.3) is 0 Å². The van der Waals surface area contributed by atoms with E-state index >= 15 is 0 Å².